The minimum absolute atomic E-state index is 1.57. The molecule has 0 aliphatic heterocycles. The molecule has 0 heterocycles. The van der Waals surface area contributed by atoms with Gasteiger partial charge in [-0.2, -0.15) is 13.2 Å². The van der Waals surface area contributed by atoms with Gasteiger partial charge in [0.25, 0.3) is 0 Å². The van der Waals surface area contributed by atoms with E-state index < -0.39 is 18.1 Å². The van der Waals surface area contributed by atoms with Gasteiger partial charge in [0, 0.05) is 0 Å². The molecule has 4 N–H and O–H groups in total. The van der Waals surface area contributed by atoms with Gasteiger partial charge in [-0.25, -0.2) is 0 Å². The van der Waals surface area contributed by atoms with Crippen molar-refractivity contribution in [1.82, 2.24) is 0 Å². The van der Waals surface area contributed by atoms with Crippen molar-refractivity contribution in [2.75, 3.05) is 0 Å². The number of nitrogens with two attached hydrogens (primary N) is 2. The van der Waals surface area contributed by atoms with Gasteiger partial charge in [-0.1, -0.05) is 0 Å². The van der Waals surface area contributed by atoms with Crippen LogP contribution in [-0.4, -0.2) is 18.1 Å². The summed E-state index contributed by atoms with van der Waals surface area (Å²) in [7, 11) is 0. The van der Waals surface area contributed by atoms with Crippen molar-refractivity contribution in [3.05, 3.63) is 0 Å². The monoisotopic (exact) mass is 142 g/mol. The second-order valence-electron chi connectivity index (χ2n) is 1.42. The zero-order chi connectivity index (χ0) is 7.65. The predicted octanol–water partition coefficient (Wildman–Crippen LogP) is -0.639. The van der Waals surface area contributed by atoms with E-state index >= 15 is 0 Å². The van der Waals surface area contributed by atoms with Crippen LogP contribution < -0.4 is 11.5 Å². The van der Waals surface area contributed by atoms with Gasteiger partial charge in [0.1, 0.15) is 0 Å². The fourth-order valence-electron chi connectivity index (χ4n) is 0.161. The largest absolute Gasteiger partial charge is 0.412 e. The van der Waals surface area contributed by atoms with Gasteiger partial charge >= 0.3 is 6.18 Å². The molecule has 0 bridgehead atoms. The SMILES string of the molecule is NC(=O)[C@@H](N)C(F)(F)F. The highest BCUT2D eigenvalue weighted by Gasteiger charge is 2.40. The van der Waals surface area contributed by atoms with Crippen LogP contribution in [0.1, 0.15) is 0 Å². The van der Waals surface area contributed by atoms with E-state index in [1.165, 1.54) is 0 Å². The normalized spacial score (nSPS) is 15.1. The van der Waals surface area contributed by atoms with Crippen LogP contribution in [0.3, 0.4) is 0 Å². The van der Waals surface area contributed by atoms with Crippen molar-refractivity contribution in [3.8, 4) is 0 Å². The van der Waals surface area contributed by atoms with E-state index in [9.17, 15) is 18.0 Å². The summed E-state index contributed by atoms with van der Waals surface area (Å²) < 4.78 is 33.8. The first-order valence-electron chi connectivity index (χ1n) is 1.97. The molecule has 0 saturated heterocycles. The third-order valence-corrected chi connectivity index (χ3v) is 0.659. The van der Waals surface area contributed by atoms with Crippen LogP contribution in [-0.2, 0) is 4.79 Å². The van der Waals surface area contributed by atoms with E-state index in [4.69, 9.17) is 0 Å². The quantitative estimate of drug-likeness (QED) is 0.511. The summed E-state index contributed by atoms with van der Waals surface area (Å²) in [5, 5.41) is 0. The Balaban J connectivity index is 4.04. The average Bonchev–Trinajstić information content (AvgIpc) is 1.62. The van der Waals surface area contributed by atoms with E-state index in [0.717, 1.165) is 0 Å². The van der Waals surface area contributed by atoms with E-state index in [0.29, 0.717) is 0 Å². The first kappa shape index (κ1) is 8.22. The van der Waals surface area contributed by atoms with Crippen LogP contribution in [0.4, 0.5) is 13.2 Å². The van der Waals surface area contributed by atoms with E-state index in [1.807, 2.05) is 0 Å². The maximum absolute atomic E-state index is 11.3. The standard InChI is InChI=1S/C3H5F3N2O/c4-3(5,6)1(7)2(8)9/h1H,7H2,(H2,8,9)/t1-/m1/s1. The smallest absolute Gasteiger partial charge is 0.368 e. The second-order valence-corrected chi connectivity index (χ2v) is 1.42. The molecule has 0 saturated carbocycles. The minimum atomic E-state index is -4.72. The fourth-order valence-corrected chi connectivity index (χ4v) is 0.161. The summed E-state index contributed by atoms with van der Waals surface area (Å²) in [6, 6.07) is -2.54. The Morgan fingerprint density at radius 3 is 1.78 bits per heavy atom. The number of hydrogen-bond donors (Lipinski definition) is 2. The lowest BCUT2D eigenvalue weighted by atomic mass is 10.3. The summed E-state index contributed by atoms with van der Waals surface area (Å²) in [6.07, 6.45) is -4.72. The van der Waals surface area contributed by atoms with E-state index in [-0.39, 0.29) is 0 Å². The van der Waals surface area contributed by atoms with Crippen LogP contribution in [0.2, 0.25) is 0 Å². The van der Waals surface area contributed by atoms with Crippen molar-refractivity contribution in [2.24, 2.45) is 11.5 Å². The highest BCUT2D eigenvalue weighted by atomic mass is 19.4. The first-order chi connectivity index (χ1) is 3.85. The molecule has 0 aromatic rings. The van der Waals surface area contributed by atoms with Gasteiger partial charge in [0.2, 0.25) is 5.91 Å². The third-order valence-electron chi connectivity index (χ3n) is 0.659. The van der Waals surface area contributed by atoms with Crippen molar-refractivity contribution in [2.45, 2.75) is 12.2 Å². The third kappa shape index (κ3) is 2.31. The summed E-state index contributed by atoms with van der Waals surface area (Å²) >= 11 is 0. The molecule has 0 radical (unpaired) electrons. The van der Waals surface area contributed by atoms with Gasteiger partial charge in [0.15, 0.2) is 6.04 Å². The molecule has 0 aliphatic carbocycles. The number of rotatable bonds is 1. The molecule has 0 aliphatic rings. The van der Waals surface area contributed by atoms with Crippen molar-refractivity contribution < 1.29 is 18.0 Å². The number of hydrogen-bond acceptors (Lipinski definition) is 2. The topological polar surface area (TPSA) is 69.1 Å². The molecule has 0 aromatic carbocycles. The van der Waals surface area contributed by atoms with E-state index in [2.05, 4.69) is 11.5 Å². The zero-order valence-corrected chi connectivity index (χ0v) is 4.27. The molecule has 0 aromatic heterocycles. The molecule has 0 unspecified atom stereocenters. The molecule has 0 spiro atoms. The number of carbonyl (C=O) groups is 1. The van der Waals surface area contributed by atoms with Crippen LogP contribution in [0, 0.1) is 0 Å². The van der Waals surface area contributed by atoms with Gasteiger partial charge in [-0.05, 0) is 0 Å². The highest BCUT2D eigenvalue weighted by Crippen LogP contribution is 2.17. The summed E-state index contributed by atoms with van der Waals surface area (Å²) in [6.45, 7) is 0. The molecule has 9 heavy (non-hydrogen) atoms. The number of primary amides is 1. The average molecular weight is 142 g/mol. The number of halogens is 3. The van der Waals surface area contributed by atoms with Crippen LogP contribution in [0.25, 0.3) is 0 Å². The Morgan fingerprint density at radius 2 is 1.78 bits per heavy atom. The number of alkyl halides is 3. The molecule has 0 fully saturated rings. The summed E-state index contributed by atoms with van der Waals surface area (Å²) in [5.74, 6) is -1.57. The van der Waals surface area contributed by atoms with Gasteiger partial charge < -0.3 is 11.5 Å². The summed E-state index contributed by atoms with van der Waals surface area (Å²) in [5.41, 5.74) is 8.53. The number of amides is 1. The van der Waals surface area contributed by atoms with Crippen molar-refractivity contribution >= 4 is 5.91 Å². The lowest BCUT2D eigenvalue weighted by Gasteiger charge is -2.10. The number of carbonyl (C=O) groups excluding carboxylic acids is 1. The molecule has 0 rings (SSSR count). The highest BCUT2D eigenvalue weighted by molar-refractivity contribution is 5.80. The van der Waals surface area contributed by atoms with Gasteiger partial charge in [0.05, 0.1) is 0 Å². The lowest BCUT2D eigenvalue weighted by molar-refractivity contribution is -0.160. The van der Waals surface area contributed by atoms with Crippen LogP contribution in [0.15, 0.2) is 0 Å². The first-order valence-corrected chi connectivity index (χ1v) is 1.97. The van der Waals surface area contributed by atoms with Crippen molar-refractivity contribution in [1.29, 1.82) is 0 Å². The Kier molecular flexibility index (Phi) is 2.03. The van der Waals surface area contributed by atoms with Crippen LogP contribution in [0.5, 0.6) is 0 Å². The molecule has 6 heteroatoms. The minimum Gasteiger partial charge on any atom is -0.368 e. The Labute approximate surface area is 48.8 Å². The molecular formula is C3H5F3N2O. The molecule has 54 valence electrons. The second kappa shape index (κ2) is 2.22. The molecule has 1 amide bonds. The Morgan fingerprint density at radius 1 is 1.44 bits per heavy atom. The molecule has 3 nitrogen and oxygen atoms in total. The Bertz CT molecular complexity index is 121. The summed E-state index contributed by atoms with van der Waals surface area (Å²) in [4.78, 5) is 9.72. The molecule has 1 atom stereocenters. The predicted molar refractivity (Wildman–Crippen MR) is 23.2 cm³/mol. The van der Waals surface area contributed by atoms with Gasteiger partial charge in [-0.15, -0.1) is 0 Å². The maximum atomic E-state index is 11.3. The van der Waals surface area contributed by atoms with Crippen molar-refractivity contribution in [3.63, 3.8) is 0 Å². The van der Waals surface area contributed by atoms with E-state index in [1.54, 1.807) is 0 Å². The zero-order valence-electron chi connectivity index (χ0n) is 4.27. The Hall–Kier alpha value is -0.780. The fraction of sp³-hybridized carbons (Fsp3) is 0.667. The maximum Gasteiger partial charge on any atom is 0.412 e. The van der Waals surface area contributed by atoms with Gasteiger partial charge in [-0.3, -0.25) is 4.79 Å². The molecular weight excluding hydrogens is 137 g/mol. The lowest BCUT2D eigenvalue weighted by Crippen LogP contribution is -2.47. The van der Waals surface area contributed by atoms with Crippen LogP contribution >= 0.6 is 0 Å².